The molecule has 3 amide bonds. The maximum atomic E-state index is 13.1. The fourth-order valence-electron chi connectivity index (χ4n) is 4.36. The molecular weight excluding hydrogens is 352 g/mol. The van der Waals surface area contributed by atoms with Crippen LogP contribution in [0.1, 0.15) is 71.1 Å². The first-order chi connectivity index (χ1) is 13.6. The van der Waals surface area contributed by atoms with Crippen LogP contribution in [0.3, 0.4) is 0 Å². The van der Waals surface area contributed by atoms with E-state index in [1.807, 2.05) is 7.05 Å². The molecule has 1 unspecified atom stereocenters. The average Bonchev–Trinajstić information content (AvgIpc) is 2.83. The quantitative estimate of drug-likeness (QED) is 0.680. The van der Waals surface area contributed by atoms with Gasteiger partial charge in [-0.2, -0.15) is 0 Å². The van der Waals surface area contributed by atoms with Crippen molar-refractivity contribution in [3.05, 3.63) is 23.4 Å². The Balaban J connectivity index is 1.81. The second kappa shape index (κ2) is 9.89. The Morgan fingerprint density at radius 1 is 1.25 bits per heavy atom. The van der Waals surface area contributed by atoms with Crippen molar-refractivity contribution in [1.82, 2.24) is 15.5 Å². The molecule has 1 heterocycles. The Morgan fingerprint density at radius 3 is 2.79 bits per heavy atom. The number of hydrogen-bond donors (Lipinski definition) is 2. The number of unbranched alkanes of at least 4 members (excludes halogenated alkanes) is 2. The van der Waals surface area contributed by atoms with Gasteiger partial charge in [-0.15, -0.1) is 0 Å². The number of rotatable bonds is 6. The van der Waals surface area contributed by atoms with Gasteiger partial charge in [0.1, 0.15) is 0 Å². The van der Waals surface area contributed by atoms with E-state index < -0.39 is 6.17 Å². The molecule has 6 heteroatoms. The molecule has 0 aromatic rings. The zero-order valence-electron chi connectivity index (χ0n) is 17.3. The summed E-state index contributed by atoms with van der Waals surface area (Å²) in [7, 11) is 1.81. The lowest BCUT2D eigenvalue weighted by molar-refractivity contribution is -0.129. The van der Waals surface area contributed by atoms with Crippen molar-refractivity contribution >= 4 is 17.6 Å². The van der Waals surface area contributed by atoms with Gasteiger partial charge in [-0.1, -0.05) is 51.2 Å². The molecule has 1 aliphatic heterocycles. The molecule has 1 fully saturated rings. The Kier molecular flexibility index (Phi) is 7.29. The summed E-state index contributed by atoms with van der Waals surface area (Å²) in [5.74, 6) is 0.218. The fourth-order valence-corrected chi connectivity index (χ4v) is 4.36. The molecule has 0 aromatic carbocycles. The fraction of sp³-hybridized carbons (Fsp3) is 0.682. The molecule has 0 spiro atoms. The summed E-state index contributed by atoms with van der Waals surface area (Å²) in [4.78, 5) is 32.0. The van der Waals surface area contributed by atoms with Crippen molar-refractivity contribution in [3.63, 3.8) is 0 Å². The van der Waals surface area contributed by atoms with E-state index in [-0.39, 0.29) is 11.9 Å². The number of aliphatic imine (C=N–C) groups is 1. The molecule has 2 aliphatic carbocycles. The zero-order valence-corrected chi connectivity index (χ0v) is 17.3. The number of carbonyl (C=O) groups excluding carboxylic acids is 2. The molecule has 3 rings (SSSR count). The van der Waals surface area contributed by atoms with Crippen molar-refractivity contribution in [3.8, 4) is 0 Å². The average molecular weight is 387 g/mol. The third kappa shape index (κ3) is 4.83. The third-order valence-electron chi connectivity index (χ3n) is 5.98. The highest BCUT2D eigenvalue weighted by molar-refractivity contribution is 6.08. The van der Waals surface area contributed by atoms with Crippen molar-refractivity contribution in [2.75, 3.05) is 13.6 Å². The maximum Gasteiger partial charge on any atom is 0.316 e. The van der Waals surface area contributed by atoms with Gasteiger partial charge < -0.3 is 15.5 Å². The van der Waals surface area contributed by atoms with Crippen LogP contribution in [0.2, 0.25) is 0 Å². The van der Waals surface area contributed by atoms with Crippen LogP contribution < -0.4 is 10.6 Å². The second-order valence-corrected chi connectivity index (χ2v) is 8.06. The number of allylic oxidation sites excluding steroid dienone is 4. The highest BCUT2D eigenvalue weighted by atomic mass is 16.2. The van der Waals surface area contributed by atoms with Crippen molar-refractivity contribution < 1.29 is 9.59 Å². The standard InChI is InChI=1S/C22H34N4O2/c1-3-4-10-15-23-22(28)25-20-21(27)26(2)18-14-9-8-13-17(18)19(24-20)16-11-6-5-7-12-16/h8,13,16,20H,3-7,9-12,14-15H2,1-2H3,(H2,23,25,28). The highest BCUT2D eigenvalue weighted by Gasteiger charge is 2.34. The van der Waals surface area contributed by atoms with Gasteiger partial charge in [-0.3, -0.25) is 9.79 Å². The summed E-state index contributed by atoms with van der Waals surface area (Å²) in [5.41, 5.74) is 3.16. The van der Waals surface area contributed by atoms with Crippen LogP contribution in [0.25, 0.3) is 0 Å². The number of hydrogen-bond acceptors (Lipinski definition) is 3. The Bertz CT molecular complexity index is 674. The van der Waals surface area contributed by atoms with Crippen LogP contribution in [-0.4, -0.2) is 42.3 Å². The molecule has 0 bridgehead atoms. The zero-order chi connectivity index (χ0) is 19.9. The first kappa shape index (κ1) is 20.6. The Morgan fingerprint density at radius 2 is 2.04 bits per heavy atom. The summed E-state index contributed by atoms with van der Waals surface area (Å²) in [5, 5.41) is 5.68. The van der Waals surface area contributed by atoms with E-state index in [9.17, 15) is 9.59 Å². The molecule has 1 atom stereocenters. The van der Waals surface area contributed by atoms with Gasteiger partial charge in [0.05, 0.1) is 5.71 Å². The molecule has 154 valence electrons. The SMILES string of the molecule is CCCCCNC(=O)NC1N=C(C2CCCCC2)C2=C(CCC=C2)N(C)C1=O. The summed E-state index contributed by atoms with van der Waals surface area (Å²) in [6.45, 7) is 2.75. The van der Waals surface area contributed by atoms with E-state index in [1.165, 1.54) is 19.3 Å². The van der Waals surface area contributed by atoms with E-state index in [4.69, 9.17) is 4.99 Å². The molecule has 6 nitrogen and oxygen atoms in total. The minimum Gasteiger partial charge on any atom is -0.338 e. The topological polar surface area (TPSA) is 73.8 Å². The molecule has 28 heavy (non-hydrogen) atoms. The highest BCUT2D eigenvalue weighted by Crippen LogP contribution is 2.34. The maximum absolute atomic E-state index is 13.1. The minimum atomic E-state index is -0.855. The summed E-state index contributed by atoms with van der Waals surface area (Å²) >= 11 is 0. The van der Waals surface area contributed by atoms with Gasteiger partial charge >= 0.3 is 6.03 Å². The van der Waals surface area contributed by atoms with E-state index in [2.05, 4.69) is 29.7 Å². The number of urea groups is 1. The molecule has 0 aromatic heterocycles. The van der Waals surface area contributed by atoms with Crippen LogP contribution in [0.5, 0.6) is 0 Å². The van der Waals surface area contributed by atoms with E-state index in [0.29, 0.717) is 12.5 Å². The van der Waals surface area contributed by atoms with Gasteiger partial charge in [0.15, 0.2) is 0 Å². The van der Waals surface area contributed by atoms with Gasteiger partial charge in [0.25, 0.3) is 5.91 Å². The predicted molar refractivity (Wildman–Crippen MR) is 112 cm³/mol. The van der Waals surface area contributed by atoms with Gasteiger partial charge in [0, 0.05) is 30.8 Å². The van der Waals surface area contributed by atoms with Crippen LogP contribution in [-0.2, 0) is 4.79 Å². The Hall–Kier alpha value is -2.11. The van der Waals surface area contributed by atoms with E-state index >= 15 is 0 Å². The Labute approximate surface area is 168 Å². The third-order valence-corrected chi connectivity index (χ3v) is 5.98. The number of nitrogens with zero attached hydrogens (tertiary/aromatic N) is 2. The van der Waals surface area contributed by atoms with Gasteiger partial charge in [-0.05, 0) is 32.1 Å². The van der Waals surface area contributed by atoms with Crippen molar-refractivity contribution in [2.45, 2.75) is 77.3 Å². The summed E-state index contributed by atoms with van der Waals surface area (Å²) in [6.07, 6.45) is 14.2. The number of nitrogens with one attached hydrogen (secondary N) is 2. The first-order valence-electron chi connectivity index (χ1n) is 10.9. The van der Waals surface area contributed by atoms with Crippen LogP contribution in [0.4, 0.5) is 4.79 Å². The predicted octanol–water partition coefficient (Wildman–Crippen LogP) is 3.90. The molecule has 0 radical (unpaired) electrons. The number of amides is 3. The van der Waals surface area contributed by atoms with Crippen molar-refractivity contribution in [2.24, 2.45) is 10.9 Å². The lowest BCUT2D eigenvalue weighted by Crippen LogP contribution is -2.49. The molecule has 1 saturated carbocycles. The normalized spacial score (nSPS) is 23.2. The molecule has 0 saturated heterocycles. The monoisotopic (exact) mass is 386 g/mol. The largest absolute Gasteiger partial charge is 0.338 e. The smallest absolute Gasteiger partial charge is 0.316 e. The lowest BCUT2D eigenvalue weighted by Gasteiger charge is -2.27. The molecule has 3 aliphatic rings. The second-order valence-electron chi connectivity index (χ2n) is 8.06. The number of carbonyl (C=O) groups is 2. The van der Waals surface area contributed by atoms with E-state index in [1.54, 1.807) is 4.90 Å². The summed E-state index contributed by atoms with van der Waals surface area (Å²) < 4.78 is 0. The molecule has 2 N–H and O–H groups in total. The molecular formula is C22H34N4O2. The first-order valence-corrected chi connectivity index (χ1v) is 10.9. The van der Waals surface area contributed by atoms with Crippen LogP contribution >= 0.6 is 0 Å². The van der Waals surface area contributed by atoms with Gasteiger partial charge in [0.2, 0.25) is 6.17 Å². The number of likely N-dealkylation sites (N-methyl/N-ethyl adjacent to an activating group) is 1. The minimum absolute atomic E-state index is 0.155. The lowest BCUT2D eigenvalue weighted by atomic mass is 9.81. The van der Waals surface area contributed by atoms with Crippen molar-refractivity contribution in [1.29, 1.82) is 0 Å². The van der Waals surface area contributed by atoms with Crippen LogP contribution in [0, 0.1) is 5.92 Å². The van der Waals surface area contributed by atoms with Gasteiger partial charge in [-0.25, -0.2) is 4.79 Å². The van der Waals surface area contributed by atoms with E-state index in [0.717, 1.165) is 61.9 Å². The van der Waals surface area contributed by atoms with Crippen LogP contribution in [0.15, 0.2) is 28.4 Å². The summed E-state index contributed by atoms with van der Waals surface area (Å²) in [6, 6.07) is -0.315.